The van der Waals surface area contributed by atoms with Crippen molar-refractivity contribution in [2.45, 2.75) is 32.4 Å². The van der Waals surface area contributed by atoms with Crippen LogP contribution in [0.1, 0.15) is 32.4 Å². The molecular weight excluding hydrogens is 305 g/mol. The standard InChI is InChI=1S/C15H20FN3O4/c1-15(2,3)23-14(20)18-7-6-17-12(9-18)10-4-5-13(19(21)22)11(16)8-10/h4-5,8,12,17H,6-7,9H2,1-3H3. The second kappa shape index (κ2) is 6.49. The molecule has 7 nitrogen and oxygen atoms in total. The van der Waals surface area contributed by atoms with Crippen molar-refractivity contribution in [3.8, 4) is 0 Å². The molecule has 1 heterocycles. The Hall–Kier alpha value is -2.22. The van der Waals surface area contributed by atoms with E-state index in [1.807, 2.05) is 0 Å². The lowest BCUT2D eigenvalue weighted by atomic mass is 10.0. The van der Waals surface area contributed by atoms with Gasteiger partial charge in [0.2, 0.25) is 5.82 Å². The van der Waals surface area contributed by atoms with E-state index in [2.05, 4.69) is 5.32 Å². The lowest BCUT2D eigenvalue weighted by molar-refractivity contribution is -0.387. The predicted molar refractivity (Wildman–Crippen MR) is 81.6 cm³/mol. The molecule has 0 aliphatic carbocycles. The molecule has 1 N–H and O–H groups in total. The van der Waals surface area contributed by atoms with Crippen LogP contribution in [0.25, 0.3) is 0 Å². The molecule has 0 spiro atoms. The SMILES string of the molecule is CC(C)(C)OC(=O)N1CCNC(c2ccc([N+](=O)[O-])c(F)c2)C1. The fourth-order valence-electron chi connectivity index (χ4n) is 2.35. The average Bonchev–Trinajstić information content (AvgIpc) is 2.45. The van der Waals surface area contributed by atoms with Crippen LogP contribution >= 0.6 is 0 Å². The highest BCUT2D eigenvalue weighted by atomic mass is 19.1. The molecule has 8 heteroatoms. The Labute approximate surface area is 133 Å². The summed E-state index contributed by atoms with van der Waals surface area (Å²) in [5, 5.41) is 13.8. The van der Waals surface area contributed by atoms with Gasteiger partial charge >= 0.3 is 11.8 Å². The summed E-state index contributed by atoms with van der Waals surface area (Å²) in [5.41, 5.74) is -0.591. The van der Waals surface area contributed by atoms with Crippen molar-refractivity contribution in [3.63, 3.8) is 0 Å². The van der Waals surface area contributed by atoms with E-state index in [4.69, 9.17) is 4.74 Å². The van der Waals surface area contributed by atoms with Crippen molar-refractivity contribution < 1.29 is 18.8 Å². The van der Waals surface area contributed by atoms with Gasteiger partial charge in [-0.05, 0) is 32.4 Å². The van der Waals surface area contributed by atoms with Gasteiger partial charge in [0.15, 0.2) is 0 Å². The summed E-state index contributed by atoms with van der Waals surface area (Å²) in [6.07, 6.45) is -0.425. The average molecular weight is 325 g/mol. The van der Waals surface area contributed by atoms with E-state index in [1.54, 1.807) is 25.7 Å². The van der Waals surface area contributed by atoms with Crippen LogP contribution in [0.4, 0.5) is 14.9 Å². The number of nitro groups is 1. The number of amides is 1. The lowest BCUT2D eigenvalue weighted by Gasteiger charge is -2.35. The number of rotatable bonds is 2. The smallest absolute Gasteiger partial charge is 0.410 e. The molecule has 2 rings (SSSR count). The summed E-state index contributed by atoms with van der Waals surface area (Å²) in [5.74, 6) is -0.885. The first-order chi connectivity index (χ1) is 10.7. The van der Waals surface area contributed by atoms with E-state index in [1.165, 1.54) is 6.07 Å². The van der Waals surface area contributed by atoms with Crippen LogP contribution in [0.15, 0.2) is 18.2 Å². The molecule has 1 unspecified atom stereocenters. The molecule has 0 aromatic heterocycles. The van der Waals surface area contributed by atoms with Crippen LogP contribution in [0, 0.1) is 15.9 Å². The molecular formula is C15H20FN3O4. The maximum Gasteiger partial charge on any atom is 0.410 e. The molecule has 0 radical (unpaired) electrons. The van der Waals surface area contributed by atoms with Gasteiger partial charge in [0.1, 0.15) is 5.60 Å². The minimum Gasteiger partial charge on any atom is -0.444 e. The number of nitrogens with one attached hydrogen (secondary N) is 1. The highest BCUT2D eigenvalue weighted by Crippen LogP contribution is 2.24. The number of benzene rings is 1. The Kier molecular flexibility index (Phi) is 4.84. The molecule has 1 aromatic rings. The minimum absolute atomic E-state index is 0.299. The summed E-state index contributed by atoms with van der Waals surface area (Å²) >= 11 is 0. The Morgan fingerprint density at radius 1 is 1.48 bits per heavy atom. The fraction of sp³-hybridized carbons (Fsp3) is 0.533. The number of nitrogens with zero attached hydrogens (tertiary/aromatic N) is 2. The zero-order valence-electron chi connectivity index (χ0n) is 13.3. The van der Waals surface area contributed by atoms with Crippen molar-refractivity contribution in [1.29, 1.82) is 0 Å². The molecule has 1 fully saturated rings. The Balaban J connectivity index is 2.11. The number of hydrogen-bond donors (Lipinski definition) is 1. The minimum atomic E-state index is -0.885. The summed E-state index contributed by atoms with van der Waals surface area (Å²) in [6.45, 7) is 6.69. The Morgan fingerprint density at radius 3 is 2.74 bits per heavy atom. The van der Waals surface area contributed by atoms with Crippen molar-refractivity contribution in [2.75, 3.05) is 19.6 Å². The van der Waals surface area contributed by atoms with Gasteiger partial charge in [-0.3, -0.25) is 10.1 Å². The van der Waals surface area contributed by atoms with E-state index in [-0.39, 0.29) is 6.04 Å². The van der Waals surface area contributed by atoms with Gasteiger partial charge in [0.05, 0.1) is 11.0 Å². The third-order valence-corrected chi connectivity index (χ3v) is 3.40. The highest BCUT2D eigenvalue weighted by molar-refractivity contribution is 5.68. The first kappa shape index (κ1) is 17.1. The van der Waals surface area contributed by atoms with Gasteiger partial charge < -0.3 is 15.0 Å². The van der Waals surface area contributed by atoms with Gasteiger partial charge in [-0.1, -0.05) is 6.07 Å². The highest BCUT2D eigenvalue weighted by Gasteiger charge is 2.29. The van der Waals surface area contributed by atoms with Gasteiger partial charge in [-0.15, -0.1) is 0 Å². The van der Waals surface area contributed by atoms with E-state index < -0.39 is 28.1 Å². The number of nitro benzene ring substituents is 1. The second-order valence-corrected chi connectivity index (χ2v) is 6.40. The molecule has 23 heavy (non-hydrogen) atoms. The quantitative estimate of drug-likeness (QED) is 0.667. The van der Waals surface area contributed by atoms with E-state index in [9.17, 15) is 19.3 Å². The van der Waals surface area contributed by atoms with Gasteiger partial charge in [0.25, 0.3) is 0 Å². The number of carbonyl (C=O) groups is 1. The van der Waals surface area contributed by atoms with Crippen LogP contribution in [-0.2, 0) is 4.74 Å². The number of hydrogen-bond acceptors (Lipinski definition) is 5. The first-order valence-corrected chi connectivity index (χ1v) is 7.32. The lowest BCUT2D eigenvalue weighted by Crippen LogP contribution is -2.49. The summed E-state index contributed by atoms with van der Waals surface area (Å²) < 4.78 is 19.1. The normalized spacial score (nSPS) is 18.6. The molecule has 1 atom stereocenters. The van der Waals surface area contributed by atoms with Crippen LogP contribution in [0.2, 0.25) is 0 Å². The Bertz CT molecular complexity index is 615. The van der Waals surface area contributed by atoms with Crippen LogP contribution in [0.5, 0.6) is 0 Å². The van der Waals surface area contributed by atoms with Crippen LogP contribution in [0.3, 0.4) is 0 Å². The van der Waals surface area contributed by atoms with Crippen molar-refractivity contribution in [1.82, 2.24) is 10.2 Å². The molecule has 1 aromatic carbocycles. The molecule has 1 aliphatic heterocycles. The zero-order valence-corrected chi connectivity index (χ0v) is 13.3. The fourth-order valence-corrected chi connectivity index (χ4v) is 2.35. The van der Waals surface area contributed by atoms with E-state index in [0.717, 1.165) is 12.1 Å². The summed E-state index contributed by atoms with van der Waals surface area (Å²) in [7, 11) is 0. The molecule has 1 amide bonds. The molecule has 126 valence electrons. The maximum absolute atomic E-state index is 13.8. The summed E-state index contributed by atoms with van der Waals surface area (Å²) in [4.78, 5) is 23.6. The molecule has 1 aliphatic rings. The monoisotopic (exact) mass is 325 g/mol. The number of piperazine rings is 1. The maximum atomic E-state index is 13.8. The van der Waals surface area contributed by atoms with Gasteiger partial charge in [0, 0.05) is 25.7 Å². The third kappa shape index (κ3) is 4.38. The Morgan fingerprint density at radius 2 is 2.17 bits per heavy atom. The third-order valence-electron chi connectivity index (χ3n) is 3.40. The zero-order chi connectivity index (χ0) is 17.2. The van der Waals surface area contributed by atoms with Gasteiger partial charge in [-0.2, -0.15) is 4.39 Å². The number of ether oxygens (including phenoxy) is 1. The topological polar surface area (TPSA) is 84.7 Å². The van der Waals surface area contributed by atoms with Crippen LogP contribution in [-0.4, -0.2) is 41.2 Å². The molecule has 0 bridgehead atoms. The number of halogens is 1. The van der Waals surface area contributed by atoms with Gasteiger partial charge in [-0.25, -0.2) is 4.79 Å². The predicted octanol–water partition coefficient (Wildman–Crippen LogP) is 2.62. The largest absolute Gasteiger partial charge is 0.444 e. The van der Waals surface area contributed by atoms with E-state index in [0.29, 0.717) is 25.2 Å². The number of carbonyl (C=O) groups excluding carboxylic acids is 1. The summed E-state index contributed by atoms with van der Waals surface area (Å²) in [6, 6.07) is 3.47. The molecule has 0 saturated carbocycles. The second-order valence-electron chi connectivity index (χ2n) is 6.40. The van der Waals surface area contributed by atoms with Crippen molar-refractivity contribution >= 4 is 11.8 Å². The van der Waals surface area contributed by atoms with Crippen LogP contribution < -0.4 is 5.32 Å². The molecule has 1 saturated heterocycles. The van der Waals surface area contributed by atoms with E-state index >= 15 is 0 Å². The van der Waals surface area contributed by atoms with Crippen molar-refractivity contribution in [3.05, 3.63) is 39.7 Å². The first-order valence-electron chi connectivity index (χ1n) is 7.32. The van der Waals surface area contributed by atoms with Crippen molar-refractivity contribution in [2.24, 2.45) is 0 Å².